The van der Waals surface area contributed by atoms with Crippen LogP contribution in [-0.4, -0.2) is 55.1 Å². The molecule has 0 amide bonds. The largest absolute Gasteiger partial charge is 0.379 e. The van der Waals surface area contributed by atoms with E-state index in [1.165, 1.54) is 0 Å². The summed E-state index contributed by atoms with van der Waals surface area (Å²) in [5.41, 5.74) is 4.41. The molecular formula is C16H22Cl2N4OS. The summed E-state index contributed by atoms with van der Waals surface area (Å²) >= 11 is 17.3. The van der Waals surface area contributed by atoms with Crippen molar-refractivity contribution in [2.75, 3.05) is 39.4 Å². The van der Waals surface area contributed by atoms with Crippen molar-refractivity contribution in [3.8, 4) is 0 Å². The predicted molar refractivity (Wildman–Crippen MR) is 104 cm³/mol. The molecule has 8 heteroatoms. The molecule has 0 atom stereocenters. The lowest BCUT2D eigenvalue weighted by Gasteiger charge is -2.26. The van der Waals surface area contributed by atoms with Crippen molar-refractivity contribution in [3.63, 3.8) is 0 Å². The Hall–Kier alpha value is -0.920. The lowest BCUT2D eigenvalue weighted by atomic mass is 10.1. The van der Waals surface area contributed by atoms with Gasteiger partial charge in [0.15, 0.2) is 5.11 Å². The Balaban J connectivity index is 1.69. The van der Waals surface area contributed by atoms with Crippen LogP contribution < -0.4 is 10.7 Å². The highest BCUT2D eigenvalue weighted by molar-refractivity contribution is 7.80. The highest BCUT2D eigenvalue weighted by Gasteiger charge is 2.09. The van der Waals surface area contributed by atoms with E-state index in [0.717, 1.165) is 57.1 Å². The van der Waals surface area contributed by atoms with E-state index < -0.39 is 0 Å². The molecular weight excluding hydrogens is 367 g/mol. The van der Waals surface area contributed by atoms with E-state index in [4.69, 9.17) is 40.2 Å². The minimum atomic E-state index is 0.501. The van der Waals surface area contributed by atoms with Crippen LogP contribution in [0.3, 0.4) is 0 Å². The molecule has 2 rings (SSSR count). The van der Waals surface area contributed by atoms with Crippen molar-refractivity contribution in [1.82, 2.24) is 15.6 Å². The van der Waals surface area contributed by atoms with Crippen molar-refractivity contribution >= 4 is 46.2 Å². The first-order chi connectivity index (χ1) is 11.6. The summed E-state index contributed by atoms with van der Waals surface area (Å²) in [7, 11) is 0. The van der Waals surface area contributed by atoms with Gasteiger partial charge in [-0.1, -0.05) is 29.3 Å². The molecule has 2 N–H and O–H groups in total. The van der Waals surface area contributed by atoms with Crippen LogP contribution in [-0.2, 0) is 4.74 Å². The number of morpholine rings is 1. The van der Waals surface area contributed by atoms with Crippen molar-refractivity contribution in [1.29, 1.82) is 0 Å². The van der Waals surface area contributed by atoms with Crippen molar-refractivity contribution < 1.29 is 4.74 Å². The van der Waals surface area contributed by atoms with Crippen LogP contribution in [0.25, 0.3) is 0 Å². The Morgan fingerprint density at radius 2 is 2.08 bits per heavy atom. The highest BCUT2D eigenvalue weighted by atomic mass is 35.5. The molecule has 0 saturated carbocycles. The van der Waals surface area contributed by atoms with Gasteiger partial charge in [0.2, 0.25) is 0 Å². The molecule has 1 heterocycles. The summed E-state index contributed by atoms with van der Waals surface area (Å²) < 4.78 is 5.33. The van der Waals surface area contributed by atoms with Gasteiger partial charge in [0, 0.05) is 30.2 Å². The molecule has 0 aliphatic carbocycles. The molecule has 0 bridgehead atoms. The lowest BCUT2D eigenvalue weighted by Crippen LogP contribution is -2.39. The molecule has 1 fully saturated rings. The van der Waals surface area contributed by atoms with Crippen LogP contribution in [0.2, 0.25) is 10.0 Å². The maximum absolute atomic E-state index is 6.16. The van der Waals surface area contributed by atoms with Gasteiger partial charge in [-0.05, 0) is 44.2 Å². The number of nitrogens with zero attached hydrogens (tertiary/aromatic N) is 2. The standard InChI is InChI=1S/C16H22Cl2N4OS/c1-12(14-4-3-13(17)11-15(14)18)20-21-16(24)19-5-2-6-22-7-9-23-10-8-22/h3-4,11H,2,5-10H2,1H3,(H2,19,21,24)/b20-12+. The zero-order valence-corrected chi connectivity index (χ0v) is 16.0. The first kappa shape index (κ1) is 19.4. The van der Waals surface area contributed by atoms with Crippen molar-refractivity contribution in [2.24, 2.45) is 5.10 Å². The fraction of sp³-hybridized carbons (Fsp3) is 0.500. The highest BCUT2D eigenvalue weighted by Crippen LogP contribution is 2.21. The maximum Gasteiger partial charge on any atom is 0.186 e. The second-order valence-electron chi connectivity index (χ2n) is 5.50. The van der Waals surface area contributed by atoms with Crippen LogP contribution >= 0.6 is 35.4 Å². The molecule has 1 aliphatic rings. The Morgan fingerprint density at radius 1 is 1.33 bits per heavy atom. The summed E-state index contributed by atoms with van der Waals surface area (Å²) in [6.45, 7) is 7.38. The molecule has 0 aromatic heterocycles. The van der Waals surface area contributed by atoms with Gasteiger partial charge in [0.25, 0.3) is 0 Å². The lowest BCUT2D eigenvalue weighted by molar-refractivity contribution is 0.0376. The van der Waals surface area contributed by atoms with Gasteiger partial charge in [-0.2, -0.15) is 5.10 Å². The minimum absolute atomic E-state index is 0.501. The van der Waals surface area contributed by atoms with E-state index in [0.29, 0.717) is 15.2 Å². The molecule has 5 nitrogen and oxygen atoms in total. The van der Waals surface area contributed by atoms with Crippen LogP contribution in [0.4, 0.5) is 0 Å². The number of rotatable bonds is 6. The number of halogens is 2. The van der Waals surface area contributed by atoms with Gasteiger partial charge in [-0.25, -0.2) is 0 Å². The maximum atomic E-state index is 6.16. The Labute approximate surface area is 158 Å². The van der Waals surface area contributed by atoms with Crippen molar-refractivity contribution in [2.45, 2.75) is 13.3 Å². The number of hydrazone groups is 1. The molecule has 132 valence electrons. The Morgan fingerprint density at radius 3 is 2.79 bits per heavy atom. The van der Waals surface area contributed by atoms with Crippen molar-refractivity contribution in [3.05, 3.63) is 33.8 Å². The van der Waals surface area contributed by atoms with E-state index >= 15 is 0 Å². The molecule has 1 aliphatic heterocycles. The monoisotopic (exact) mass is 388 g/mol. The molecule has 1 aromatic rings. The first-order valence-corrected chi connectivity index (χ1v) is 9.06. The molecule has 24 heavy (non-hydrogen) atoms. The number of nitrogens with one attached hydrogen (secondary N) is 2. The average Bonchev–Trinajstić information content (AvgIpc) is 2.57. The molecule has 1 aromatic carbocycles. The van der Waals surface area contributed by atoms with E-state index in [1.807, 2.05) is 13.0 Å². The fourth-order valence-electron chi connectivity index (χ4n) is 2.35. The average molecular weight is 389 g/mol. The summed E-state index contributed by atoms with van der Waals surface area (Å²) in [4.78, 5) is 2.40. The van der Waals surface area contributed by atoms with Crippen LogP contribution in [0, 0.1) is 0 Å². The van der Waals surface area contributed by atoms with Gasteiger partial charge < -0.3 is 10.1 Å². The molecule has 0 spiro atoms. The number of hydrogen-bond acceptors (Lipinski definition) is 4. The smallest absolute Gasteiger partial charge is 0.186 e. The van der Waals surface area contributed by atoms with Gasteiger partial charge in [-0.15, -0.1) is 0 Å². The number of ether oxygens (including phenoxy) is 1. The SMILES string of the molecule is C/C(=N\NC(=S)NCCCN1CCOCC1)c1ccc(Cl)cc1Cl. The second-order valence-corrected chi connectivity index (χ2v) is 6.75. The van der Waals surface area contributed by atoms with Crippen LogP contribution in [0.5, 0.6) is 0 Å². The number of hydrogen-bond donors (Lipinski definition) is 2. The first-order valence-electron chi connectivity index (χ1n) is 7.90. The third-order valence-electron chi connectivity index (χ3n) is 3.69. The second kappa shape index (κ2) is 10.2. The number of thiocarbonyl (C=S) groups is 1. The minimum Gasteiger partial charge on any atom is -0.379 e. The third kappa shape index (κ3) is 6.53. The van der Waals surface area contributed by atoms with Crippen LogP contribution in [0.1, 0.15) is 18.9 Å². The Bertz CT molecular complexity index is 591. The molecule has 1 saturated heterocycles. The normalized spacial score (nSPS) is 16.0. The number of benzene rings is 1. The quantitative estimate of drug-likeness (QED) is 0.339. The predicted octanol–water partition coefficient (Wildman–Crippen LogP) is 2.90. The summed E-state index contributed by atoms with van der Waals surface area (Å²) in [6, 6.07) is 5.31. The van der Waals surface area contributed by atoms with Crippen LogP contribution in [0.15, 0.2) is 23.3 Å². The topological polar surface area (TPSA) is 48.9 Å². The van der Waals surface area contributed by atoms with E-state index in [9.17, 15) is 0 Å². The van der Waals surface area contributed by atoms with Gasteiger partial charge in [-0.3, -0.25) is 10.3 Å². The van der Waals surface area contributed by atoms with E-state index in [2.05, 4.69) is 20.7 Å². The zero-order chi connectivity index (χ0) is 17.4. The van der Waals surface area contributed by atoms with E-state index in [1.54, 1.807) is 12.1 Å². The summed E-state index contributed by atoms with van der Waals surface area (Å²) in [5.74, 6) is 0. The summed E-state index contributed by atoms with van der Waals surface area (Å²) in [6.07, 6.45) is 1.02. The van der Waals surface area contributed by atoms with Gasteiger partial charge in [0.05, 0.1) is 23.9 Å². The summed E-state index contributed by atoms with van der Waals surface area (Å²) in [5, 5.41) is 9.08. The van der Waals surface area contributed by atoms with Gasteiger partial charge in [0.1, 0.15) is 0 Å². The molecule has 0 unspecified atom stereocenters. The molecule has 0 radical (unpaired) electrons. The fourth-order valence-corrected chi connectivity index (χ4v) is 3.04. The third-order valence-corrected chi connectivity index (χ3v) is 4.47. The van der Waals surface area contributed by atoms with Gasteiger partial charge >= 0.3 is 0 Å². The Kier molecular flexibility index (Phi) is 8.21. The van der Waals surface area contributed by atoms with E-state index in [-0.39, 0.29) is 0 Å². The zero-order valence-electron chi connectivity index (χ0n) is 13.6.